The molecule has 0 aliphatic rings. The van der Waals surface area contributed by atoms with E-state index in [4.69, 9.17) is 5.11 Å². The zero-order valence-corrected chi connectivity index (χ0v) is 9.14. The van der Waals surface area contributed by atoms with Gasteiger partial charge >= 0.3 is 5.97 Å². The number of aryl methyl sites for hydroxylation is 1. The molecule has 0 aromatic carbocycles. The molecular formula is C10H15N3O3. The third-order valence-corrected chi connectivity index (χ3v) is 2.15. The molecule has 0 aliphatic carbocycles. The number of imidazole rings is 1. The summed E-state index contributed by atoms with van der Waals surface area (Å²) in [5.74, 6) is -0.992. The molecule has 1 rings (SSSR count). The van der Waals surface area contributed by atoms with Crippen molar-refractivity contribution in [2.75, 3.05) is 6.54 Å². The Morgan fingerprint density at radius 1 is 1.50 bits per heavy atom. The minimum atomic E-state index is -0.807. The number of carbonyl (C=O) groups excluding carboxylic acids is 1. The van der Waals surface area contributed by atoms with Crippen LogP contribution in [-0.4, -0.2) is 33.1 Å². The monoisotopic (exact) mass is 225 g/mol. The van der Waals surface area contributed by atoms with Crippen LogP contribution in [0.2, 0.25) is 0 Å². The maximum absolute atomic E-state index is 11.5. The number of carboxylic acids is 1. The van der Waals surface area contributed by atoms with Gasteiger partial charge in [0.15, 0.2) is 0 Å². The Morgan fingerprint density at radius 3 is 2.81 bits per heavy atom. The van der Waals surface area contributed by atoms with E-state index >= 15 is 0 Å². The van der Waals surface area contributed by atoms with Gasteiger partial charge in [0.2, 0.25) is 0 Å². The Hall–Kier alpha value is -1.85. The van der Waals surface area contributed by atoms with Crippen molar-refractivity contribution in [3.8, 4) is 0 Å². The number of aliphatic carboxylic acids is 1. The second kappa shape index (κ2) is 5.89. The number of carboxylic acid groups (broad SMARTS) is 1. The zero-order chi connectivity index (χ0) is 12.0. The van der Waals surface area contributed by atoms with Gasteiger partial charge in [0.05, 0.1) is 12.5 Å². The van der Waals surface area contributed by atoms with Crippen molar-refractivity contribution in [1.82, 2.24) is 14.9 Å². The molecule has 0 atom stereocenters. The summed E-state index contributed by atoms with van der Waals surface area (Å²) in [5, 5.41) is 11.1. The van der Waals surface area contributed by atoms with Crippen molar-refractivity contribution >= 4 is 11.9 Å². The molecule has 1 aromatic heterocycles. The van der Waals surface area contributed by atoms with E-state index in [1.54, 1.807) is 17.9 Å². The number of rotatable bonds is 6. The molecule has 88 valence electrons. The highest BCUT2D eigenvalue weighted by atomic mass is 16.4. The van der Waals surface area contributed by atoms with E-state index in [2.05, 4.69) is 10.3 Å². The quantitative estimate of drug-likeness (QED) is 0.686. The number of unbranched alkanes of at least 4 members (excludes halogenated alkanes) is 1. The molecule has 6 heteroatoms. The minimum Gasteiger partial charge on any atom is -0.481 e. The maximum Gasteiger partial charge on any atom is 0.303 e. The van der Waals surface area contributed by atoms with Gasteiger partial charge in [-0.1, -0.05) is 0 Å². The molecule has 2 N–H and O–H groups in total. The molecule has 1 heterocycles. The first-order chi connectivity index (χ1) is 7.61. The van der Waals surface area contributed by atoms with Crippen LogP contribution in [0.15, 0.2) is 12.5 Å². The first kappa shape index (κ1) is 12.2. The normalized spacial score (nSPS) is 10.1. The summed E-state index contributed by atoms with van der Waals surface area (Å²) in [6.45, 7) is 0.483. The maximum atomic E-state index is 11.5. The lowest BCUT2D eigenvalue weighted by Gasteiger charge is -2.04. The third kappa shape index (κ3) is 3.72. The fourth-order valence-corrected chi connectivity index (χ4v) is 1.27. The van der Waals surface area contributed by atoms with Crippen LogP contribution < -0.4 is 5.32 Å². The summed E-state index contributed by atoms with van der Waals surface area (Å²) in [4.78, 5) is 25.6. The van der Waals surface area contributed by atoms with Crippen LogP contribution in [-0.2, 0) is 11.8 Å². The molecule has 0 radical (unpaired) electrons. The Kier molecular flexibility index (Phi) is 4.50. The van der Waals surface area contributed by atoms with Gasteiger partial charge in [0.25, 0.3) is 5.91 Å². The highest BCUT2D eigenvalue weighted by Gasteiger charge is 2.08. The fraction of sp³-hybridized carbons (Fsp3) is 0.500. The minimum absolute atomic E-state index is 0.140. The highest BCUT2D eigenvalue weighted by molar-refractivity contribution is 5.92. The molecule has 0 fully saturated rings. The Morgan fingerprint density at radius 2 is 2.25 bits per heavy atom. The van der Waals surface area contributed by atoms with Crippen LogP contribution in [0.25, 0.3) is 0 Å². The summed E-state index contributed by atoms with van der Waals surface area (Å²) in [6.07, 6.45) is 4.42. The van der Waals surface area contributed by atoms with Gasteiger partial charge in [0.1, 0.15) is 5.69 Å². The van der Waals surface area contributed by atoms with Crippen molar-refractivity contribution in [2.45, 2.75) is 19.3 Å². The molecule has 1 amide bonds. The van der Waals surface area contributed by atoms with Crippen LogP contribution in [0.3, 0.4) is 0 Å². The molecule has 0 unspecified atom stereocenters. The van der Waals surface area contributed by atoms with E-state index < -0.39 is 5.97 Å². The molecule has 0 saturated heterocycles. The fourth-order valence-electron chi connectivity index (χ4n) is 1.27. The van der Waals surface area contributed by atoms with Crippen LogP contribution >= 0.6 is 0 Å². The van der Waals surface area contributed by atoms with Crippen molar-refractivity contribution in [2.24, 2.45) is 7.05 Å². The molecule has 0 aliphatic heterocycles. The second-order valence-electron chi connectivity index (χ2n) is 3.50. The number of carbonyl (C=O) groups is 2. The van der Waals surface area contributed by atoms with E-state index in [1.165, 1.54) is 6.20 Å². The molecule has 0 saturated carbocycles. The molecule has 0 bridgehead atoms. The SMILES string of the molecule is Cn1cncc1C(=O)NCCCCC(=O)O. The van der Waals surface area contributed by atoms with Crippen LogP contribution in [0.4, 0.5) is 0 Å². The summed E-state index contributed by atoms with van der Waals surface area (Å²) >= 11 is 0. The third-order valence-electron chi connectivity index (χ3n) is 2.15. The molecule has 6 nitrogen and oxygen atoms in total. The lowest BCUT2D eigenvalue weighted by molar-refractivity contribution is -0.137. The molecule has 1 aromatic rings. The van der Waals surface area contributed by atoms with Crippen molar-refractivity contribution in [3.63, 3.8) is 0 Å². The second-order valence-corrected chi connectivity index (χ2v) is 3.50. The molecule has 0 spiro atoms. The first-order valence-corrected chi connectivity index (χ1v) is 5.07. The van der Waals surface area contributed by atoms with Gasteiger partial charge < -0.3 is 15.0 Å². The van der Waals surface area contributed by atoms with Gasteiger partial charge in [-0.15, -0.1) is 0 Å². The Labute approximate surface area is 93.3 Å². The standard InChI is InChI=1S/C10H15N3O3/c1-13-7-11-6-8(13)10(16)12-5-3-2-4-9(14)15/h6-7H,2-5H2,1H3,(H,12,16)(H,14,15). The van der Waals surface area contributed by atoms with E-state index in [0.717, 1.165) is 0 Å². The van der Waals surface area contributed by atoms with Crippen LogP contribution in [0.5, 0.6) is 0 Å². The van der Waals surface area contributed by atoms with Gasteiger partial charge in [-0.05, 0) is 12.8 Å². The zero-order valence-electron chi connectivity index (χ0n) is 9.14. The van der Waals surface area contributed by atoms with Gasteiger partial charge in [-0.3, -0.25) is 9.59 Å². The number of hydrogen-bond donors (Lipinski definition) is 2. The van der Waals surface area contributed by atoms with Crippen LogP contribution in [0, 0.1) is 0 Å². The van der Waals surface area contributed by atoms with E-state index in [9.17, 15) is 9.59 Å². The number of amides is 1. The van der Waals surface area contributed by atoms with E-state index in [-0.39, 0.29) is 12.3 Å². The van der Waals surface area contributed by atoms with Gasteiger partial charge in [-0.25, -0.2) is 4.98 Å². The summed E-state index contributed by atoms with van der Waals surface area (Å²) in [6, 6.07) is 0. The average molecular weight is 225 g/mol. The number of aromatic nitrogens is 2. The van der Waals surface area contributed by atoms with Gasteiger partial charge in [0, 0.05) is 20.0 Å². The first-order valence-electron chi connectivity index (χ1n) is 5.07. The molecular weight excluding hydrogens is 210 g/mol. The highest BCUT2D eigenvalue weighted by Crippen LogP contribution is 1.97. The largest absolute Gasteiger partial charge is 0.481 e. The topological polar surface area (TPSA) is 84.2 Å². The average Bonchev–Trinajstić information content (AvgIpc) is 2.63. The van der Waals surface area contributed by atoms with Crippen molar-refractivity contribution < 1.29 is 14.7 Å². The van der Waals surface area contributed by atoms with Crippen LogP contribution in [0.1, 0.15) is 29.8 Å². The van der Waals surface area contributed by atoms with E-state index in [0.29, 0.717) is 25.1 Å². The number of hydrogen-bond acceptors (Lipinski definition) is 3. The summed E-state index contributed by atoms with van der Waals surface area (Å²) < 4.78 is 1.63. The predicted octanol–water partition coefficient (Wildman–Crippen LogP) is 0.405. The van der Waals surface area contributed by atoms with Crippen molar-refractivity contribution in [3.05, 3.63) is 18.2 Å². The number of nitrogens with zero attached hydrogens (tertiary/aromatic N) is 2. The van der Waals surface area contributed by atoms with Gasteiger partial charge in [-0.2, -0.15) is 0 Å². The Balaban J connectivity index is 2.21. The lowest BCUT2D eigenvalue weighted by Crippen LogP contribution is -2.26. The smallest absolute Gasteiger partial charge is 0.303 e. The predicted molar refractivity (Wildman–Crippen MR) is 57.0 cm³/mol. The number of nitrogens with one attached hydrogen (secondary N) is 1. The molecule has 16 heavy (non-hydrogen) atoms. The van der Waals surface area contributed by atoms with Crippen molar-refractivity contribution in [1.29, 1.82) is 0 Å². The summed E-state index contributed by atoms with van der Waals surface area (Å²) in [7, 11) is 1.74. The van der Waals surface area contributed by atoms with E-state index in [1.807, 2.05) is 0 Å². The lowest BCUT2D eigenvalue weighted by atomic mass is 10.2. The summed E-state index contributed by atoms with van der Waals surface area (Å²) in [5.41, 5.74) is 0.498. The Bertz CT molecular complexity index is 373.